The van der Waals surface area contributed by atoms with E-state index in [2.05, 4.69) is 10.4 Å². The molecule has 0 saturated heterocycles. The van der Waals surface area contributed by atoms with E-state index in [0.29, 0.717) is 5.69 Å². The number of nitrogens with one attached hydrogen (secondary N) is 1. The van der Waals surface area contributed by atoms with Gasteiger partial charge in [-0.25, -0.2) is 4.39 Å². The summed E-state index contributed by atoms with van der Waals surface area (Å²) < 4.78 is 19.3. The molecule has 2 rings (SSSR count). The first-order chi connectivity index (χ1) is 10.9. The van der Waals surface area contributed by atoms with Crippen molar-refractivity contribution in [3.8, 4) is 5.88 Å². The predicted molar refractivity (Wildman–Crippen MR) is 81.8 cm³/mol. The Bertz CT molecular complexity index is 712. The second-order valence-corrected chi connectivity index (χ2v) is 4.94. The van der Waals surface area contributed by atoms with E-state index >= 15 is 0 Å². The fourth-order valence-corrected chi connectivity index (χ4v) is 1.99. The molecular weight excluding hydrogens is 303 g/mol. The number of anilines is 1. The van der Waals surface area contributed by atoms with Crippen molar-refractivity contribution >= 4 is 17.5 Å². The van der Waals surface area contributed by atoms with Gasteiger partial charge < -0.3 is 15.0 Å². The molecule has 0 bridgehead atoms. The van der Waals surface area contributed by atoms with Gasteiger partial charge in [0.05, 0.1) is 13.7 Å². The van der Waals surface area contributed by atoms with Gasteiger partial charge in [0.2, 0.25) is 11.8 Å². The zero-order chi connectivity index (χ0) is 17.0. The molecule has 1 aromatic carbocycles. The quantitative estimate of drug-likeness (QED) is 0.900. The largest absolute Gasteiger partial charge is 0.479 e. The van der Waals surface area contributed by atoms with Crippen LogP contribution in [-0.2, 0) is 11.8 Å². The summed E-state index contributed by atoms with van der Waals surface area (Å²) in [5.41, 5.74) is 0.725. The fraction of sp³-hybridized carbons (Fsp3) is 0.267. The third-order valence-electron chi connectivity index (χ3n) is 3.07. The fourth-order valence-electron chi connectivity index (χ4n) is 1.99. The maximum absolute atomic E-state index is 12.8. The van der Waals surface area contributed by atoms with Gasteiger partial charge in [0.25, 0.3) is 5.91 Å². The SMILES string of the molecule is COc1nn(C)cc1C(=O)N(C)CC(=O)Nc1ccc(F)cc1. The van der Waals surface area contributed by atoms with Gasteiger partial charge in [0, 0.05) is 26.0 Å². The van der Waals surface area contributed by atoms with Crippen LogP contribution in [0.3, 0.4) is 0 Å². The first-order valence-corrected chi connectivity index (χ1v) is 6.79. The van der Waals surface area contributed by atoms with Gasteiger partial charge in [0.15, 0.2) is 0 Å². The van der Waals surface area contributed by atoms with Crippen LogP contribution < -0.4 is 10.1 Å². The number of likely N-dealkylation sites (N-methyl/N-ethyl adjacent to an activating group) is 1. The monoisotopic (exact) mass is 320 g/mol. The second kappa shape index (κ2) is 6.91. The van der Waals surface area contributed by atoms with Crippen molar-refractivity contribution < 1.29 is 18.7 Å². The Labute approximate surface area is 132 Å². The molecule has 0 aliphatic carbocycles. The lowest BCUT2D eigenvalue weighted by atomic mass is 10.3. The summed E-state index contributed by atoms with van der Waals surface area (Å²) in [6, 6.07) is 5.37. The van der Waals surface area contributed by atoms with E-state index < -0.39 is 5.91 Å². The van der Waals surface area contributed by atoms with Crippen LogP contribution in [0.4, 0.5) is 10.1 Å². The number of nitrogens with zero attached hydrogens (tertiary/aromatic N) is 3. The first-order valence-electron chi connectivity index (χ1n) is 6.79. The summed E-state index contributed by atoms with van der Waals surface area (Å²) in [5.74, 6) is -0.971. The Morgan fingerprint density at radius 3 is 2.61 bits per heavy atom. The standard InChI is InChI=1S/C15H17FN4O3/c1-19(15(22)12-8-20(2)18-14(12)23-3)9-13(21)17-11-6-4-10(16)5-7-11/h4-8H,9H2,1-3H3,(H,17,21). The Balaban J connectivity index is 2.00. The van der Waals surface area contributed by atoms with Gasteiger partial charge >= 0.3 is 0 Å². The number of benzene rings is 1. The lowest BCUT2D eigenvalue weighted by Crippen LogP contribution is -2.35. The van der Waals surface area contributed by atoms with Crippen LogP contribution in [0.1, 0.15) is 10.4 Å². The number of carbonyl (C=O) groups excluding carboxylic acids is 2. The van der Waals surface area contributed by atoms with Crippen LogP contribution in [0.15, 0.2) is 30.5 Å². The molecule has 7 nitrogen and oxygen atoms in total. The lowest BCUT2D eigenvalue weighted by Gasteiger charge is -2.16. The number of hydrogen-bond acceptors (Lipinski definition) is 4. The molecular formula is C15H17FN4O3. The number of methoxy groups -OCH3 is 1. The van der Waals surface area contributed by atoms with Crippen LogP contribution in [0.25, 0.3) is 0 Å². The predicted octanol–water partition coefficient (Wildman–Crippen LogP) is 1.28. The Morgan fingerprint density at radius 2 is 2.00 bits per heavy atom. The van der Waals surface area contributed by atoms with Crippen LogP contribution >= 0.6 is 0 Å². The third kappa shape index (κ3) is 4.06. The smallest absolute Gasteiger partial charge is 0.261 e. The van der Waals surface area contributed by atoms with Gasteiger partial charge in [0.1, 0.15) is 11.4 Å². The van der Waals surface area contributed by atoms with Crippen molar-refractivity contribution in [2.24, 2.45) is 7.05 Å². The summed E-state index contributed by atoms with van der Waals surface area (Å²) >= 11 is 0. The number of amides is 2. The number of ether oxygens (including phenoxy) is 1. The van der Waals surface area contributed by atoms with Crippen molar-refractivity contribution in [3.05, 3.63) is 41.8 Å². The van der Waals surface area contributed by atoms with Gasteiger partial charge in [-0.05, 0) is 24.3 Å². The highest BCUT2D eigenvalue weighted by atomic mass is 19.1. The number of rotatable bonds is 5. The Morgan fingerprint density at radius 1 is 1.35 bits per heavy atom. The number of carbonyl (C=O) groups is 2. The maximum Gasteiger partial charge on any atom is 0.261 e. The molecule has 1 heterocycles. The maximum atomic E-state index is 12.8. The van der Waals surface area contributed by atoms with Gasteiger partial charge in [-0.1, -0.05) is 0 Å². The van der Waals surface area contributed by atoms with Gasteiger partial charge in [-0.3, -0.25) is 14.3 Å². The molecule has 0 fully saturated rings. The van der Waals surface area contributed by atoms with Crippen molar-refractivity contribution in [1.29, 1.82) is 0 Å². The highest BCUT2D eigenvalue weighted by Gasteiger charge is 2.21. The lowest BCUT2D eigenvalue weighted by molar-refractivity contribution is -0.116. The molecule has 2 amide bonds. The van der Waals surface area contributed by atoms with E-state index in [1.54, 1.807) is 7.05 Å². The summed E-state index contributed by atoms with van der Waals surface area (Å²) in [5, 5.41) is 6.59. The minimum absolute atomic E-state index is 0.158. The zero-order valence-electron chi connectivity index (χ0n) is 13.0. The average Bonchev–Trinajstić information content (AvgIpc) is 2.89. The van der Waals surface area contributed by atoms with Crippen molar-refractivity contribution in [1.82, 2.24) is 14.7 Å². The van der Waals surface area contributed by atoms with Gasteiger partial charge in [-0.2, -0.15) is 0 Å². The summed E-state index contributed by atoms with van der Waals surface area (Å²) in [7, 11) is 4.58. The molecule has 0 atom stereocenters. The van der Waals surface area contributed by atoms with E-state index in [0.717, 1.165) is 0 Å². The minimum atomic E-state index is -0.393. The van der Waals surface area contributed by atoms with Crippen molar-refractivity contribution in [2.75, 3.05) is 26.0 Å². The number of hydrogen-bond donors (Lipinski definition) is 1. The Kier molecular flexibility index (Phi) is 4.95. The van der Waals surface area contributed by atoms with E-state index in [1.165, 1.54) is 54.2 Å². The van der Waals surface area contributed by atoms with E-state index in [-0.39, 0.29) is 29.7 Å². The molecule has 2 aromatic rings. The molecule has 0 saturated carbocycles. The number of aryl methyl sites for hydroxylation is 1. The van der Waals surface area contributed by atoms with Crippen molar-refractivity contribution in [3.63, 3.8) is 0 Å². The highest BCUT2D eigenvalue weighted by molar-refractivity contribution is 6.00. The number of halogens is 1. The zero-order valence-corrected chi connectivity index (χ0v) is 13.0. The molecule has 0 radical (unpaired) electrons. The Hall–Kier alpha value is -2.90. The molecule has 1 N–H and O–H groups in total. The normalized spacial score (nSPS) is 10.3. The molecule has 8 heteroatoms. The second-order valence-electron chi connectivity index (χ2n) is 4.94. The topological polar surface area (TPSA) is 76.5 Å². The first kappa shape index (κ1) is 16.5. The van der Waals surface area contributed by atoms with E-state index in [1.807, 2.05) is 0 Å². The van der Waals surface area contributed by atoms with E-state index in [9.17, 15) is 14.0 Å². The molecule has 122 valence electrons. The third-order valence-corrected chi connectivity index (χ3v) is 3.07. The van der Waals surface area contributed by atoms with Crippen LogP contribution in [0, 0.1) is 5.82 Å². The highest BCUT2D eigenvalue weighted by Crippen LogP contribution is 2.16. The molecule has 1 aromatic heterocycles. The number of aromatic nitrogens is 2. The molecule has 0 spiro atoms. The van der Waals surface area contributed by atoms with Crippen molar-refractivity contribution in [2.45, 2.75) is 0 Å². The molecule has 0 aliphatic heterocycles. The van der Waals surface area contributed by atoms with Crippen LogP contribution in [0.2, 0.25) is 0 Å². The summed E-state index contributed by atoms with van der Waals surface area (Å²) in [6.45, 7) is -0.158. The van der Waals surface area contributed by atoms with Crippen LogP contribution in [0.5, 0.6) is 5.88 Å². The summed E-state index contributed by atoms with van der Waals surface area (Å²) in [6.07, 6.45) is 1.52. The molecule has 0 unspecified atom stereocenters. The molecule has 0 aliphatic rings. The average molecular weight is 320 g/mol. The minimum Gasteiger partial charge on any atom is -0.479 e. The van der Waals surface area contributed by atoms with Crippen LogP contribution in [-0.4, -0.2) is 47.2 Å². The van der Waals surface area contributed by atoms with E-state index in [4.69, 9.17) is 4.74 Å². The molecule has 23 heavy (non-hydrogen) atoms. The van der Waals surface area contributed by atoms with Gasteiger partial charge in [-0.15, -0.1) is 5.10 Å². The summed E-state index contributed by atoms with van der Waals surface area (Å²) in [4.78, 5) is 25.5.